The van der Waals surface area contributed by atoms with Crippen LogP contribution in [0, 0.1) is 11.8 Å². The minimum Gasteiger partial charge on any atom is -0.461 e. The maximum Gasteiger partial charge on any atom is 0.337 e. The Morgan fingerprint density at radius 3 is 1.98 bits per heavy atom. The maximum atomic E-state index is 14.5. The van der Waals surface area contributed by atoms with Crippen LogP contribution in [0.5, 0.6) is 0 Å². The van der Waals surface area contributed by atoms with Gasteiger partial charge in [0.15, 0.2) is 6.10 Å². The maximum absolute atomic E-state index is 14.5. The van der Waals surface area contributed by atoms with Crippen LogP contribution in [0.25, 0.3) is 5.70 Å². The van der Waals surface area contributed by atoms with E-state index in [4.69, 9.17) is 4.74 Å². The highest BCUT2D eigenvalue weighted by Gasteiger charge is 2.47. The fourth-order valence-electron chi connectivity index (χ4n) is 4.93. The third kappa shape index (κ3) is 7.21. The topological polar surface area (TPSA) is 107 Å². The molecule has 9 nitrogen and oxygen atoms in total. The van der Waals surface area contributed by atoms with Crippen molar-refractivity contribution in [3.8, 4) is 0 Å². The van der Waals surface area contributed by atoms with Gasteiger partial charge in [-0.15, -0.1) is 0 Å². The SMILES string of the molecule is CC(=O)N([C@@H](Cc1ccccc1)C(O)C(=O)OC(C)C)N1C(=O)C(C(C)C)N(C(=O)C(C)C)C=C1c1ccccc1. The minimum absolute atomic E-state index is 0.0572. The highest BCUT2D eigenvalue weighted by atomic mass is 16.6. The van der Waals surface area contributed by atoms with E-state index in [0.29, 0.717) is 5.56 Å². The van der Waals surface area contributed by atoms with E-state index in [-0.39, 0.29) is 29.9 Å². The summed E-state index contributed by atoms with van der Waals surface area (Å²) in [6.07, 6.45) is -0.614. The number of rotatable bonds is 10. The number of benzene rings is 2. The molecule has 3 amide bonds. The zero-order valence-electron chi connectivity index (χ0n) is 24.9. The van der Waals surface area contributed by atoms with Gasteiger partial charge < -0.3 is 14.7 Å². The molecule has 2 aromatic carbocycles. The van der Waals surface area contributed by atoms with Crippen LogP contribution in [0.4, 0.5) is 0 Å². The Balaban J connectivity index is 2.27. The zero-order chi connectivity index (χ0) is 30.4. The van der Waals surface area contributed by atoms with Gasteiger partial charge >= 0.3 is 5.97 Å². The summed E-state index contributed by atoms with van der Waals surface area (Å²) < 4.78 is 5.32. The van der Waals surface area contributed by atoms with Gasteiger partial charge in [0.05, 0.1) is 17.8 Å². The zero-order valence-corrected chi connectivity index (χ0v) is 24.9. The van der Waals surface area contributed by atoms with Crippen molar-refractivity contribution in [2.24, 2.45) is 11.8 Å². The van der Waals surface area contributed by atoms with Crippen molar-refractivity contribution in [1.29, 1.82) is 0 Å². The molecule has 41 heavy (non-hydrogen) atoms. The molecule has 3 atom stereocenters. The van der Waals surface area contributed by atoms with E-state index in [0.717, 1.165) is 10.6 Å². The van der Waals surface area contributed by atoms with Crippen LogP contribution in [-0.4, -0.2) is 68.0 Å². The van der Waals surface area contributed by atoms with Crippen molar-refractivity contribution in [2.45, 2.75) is 79.2 Å². The van der Waals surface area contributed by atoms with Crippen LogP contribution in [0.1, 0.15) is 59.6 Å². The number of carbonyl (C=O) groups is 4. The van der Waals surface area contributed by atoms with Crippen molar-refractivity contribution in [3.05, 3.63) is 78.0 Å². The molecule has 0 bridgehead atoms. The Morgan fingerprint density at radius 1 is 0.927 bits per heavy atom. The number of amides is 3. The molecule has 9 heteroatoms. The molecule has 0 radical (unpaired) electrons. The summed E-state index contributed by atoms with van der Waals surface area (Å²) in [4.78, 5) is 55.8. The lowest BCUT2D eigenvalue weighted by atomic mass is 9.95. The molecule has 0 saturated carbocycles. The monoisotopic (exact) mass is 563 g/mol. The van der Waals surface area contributed by atoms with Crippen LogP contribution in [0.2, 0.25) is 0 Å². The number of hydrogen-bond acceptors (Lipinski definition) is 6. The largest absolute Gasteiger partial charge is 0.461 e. The van der Waals surface area contributed by atoms with Gasteiger partial charge in [-0.2, -0.15) is 0 Å². The average molecular weight is 564 g/mol. The Hall–Kier alpha value is -3.98. The summed E-state index contributed by atoms with van der Waals surface area (Å²) in [5.41, 5.74) is 1.60. The summed E-state index contributed by atoms with van der Waals surface area (Å²) in [7, 11) is 0. The van der Waals surface area contributed by atoms with Gasteiger partial charge in [0, 0.05) is 24.6 Å². The predicted molar refractivity (Wildman–Crippen MR) is 155 cm³/mol. The van der Waals surface area contributed by atoms with E-state index in [1.165, 1.54) is 16.8 Å². The minimum atomic E-state index is -1.76. The second-order valence-corrected chi connectivity index (χ2v) is 11.2. The molecule has 2 unspecified atom stereocenters. The molecular formula is C32H41N3O6. The first kappa shape index (κ1) is 31.5. The Bertz CT molecular complexity index is 1260. The lowest BCUT2D eigenvalue weighted by molar-refractivity contribution is -0.178. The molecule has 1 heterocycles. The van der Waals surface area contributed by atoms with Gasteiger partial charge in [-0.1, -0.05) is 88.4 Å². The molecule has 1 N–H and O–H groups in total. The molecule has 1 aliphatic heterocycles. The fraction of sp³-hybridized carbons (Fsp3) is 0.438. The molecule has 2 aromatic rings. The van der Waals surface area contributed by atoms with E-state index in [2.05, 4.69) is 0 Å². The number of aliphatic hydroxyl groups is 1. The van der Waals surface area contributed by atoms with Crippen LogP contribution in [0.15, 0.2) is 66.9 Å². The van der Waals surface area contributed by atoms with E-state index >= 15 is 0 Å². The third-order valence-electron chi connectivity index (χ3n) is 6.80. The van der Waals surface area contributed by atoms with Crippen LogP contribution < -0.4 is 0 Å². The van der Waals surface area contributed by atoms with Gasteiger partial charge in [-0.05, 0) is 31.7 Å². The van der Waals surface area contributed by atoms with E-state index in [9.17, 15) is 24.3 Å². The summed E-state index contributed by atoms with van der Waals surface area (Å²) in [6, 6.07) is 15.9. The van der Waals surface area contributed by atoms with Gasteiger partial charge in [0.1, 0.15) is 6.04 Å². The lowest BCUT2D eigenvalue weighted by Crippen LogP contribution is -2.65. The van der Waals surface area contributed by atoms with Gasteiger partial charge in [0.25, 0.3) is 5.91 Å². The molecule has 220 valence electrons. The van der Waals surface area contributed by atoms with Crippen molar-refractivity contribution in [2.75, 3.05) is 0 Å². The number of nitrogens with zero attached hydrogens (tertiary/aromatic N) is 3. The van der Waals surface area contributed by atoms with E-state index in [1.54, 1.807) is 58.2 Å². The molecule has 0 spiro atoms. The van der Waals surface area contributed by atoms with E-state index in [1.807, 2.05) is 50.2 Å². The lowest BCUT2D eigenvalue weighted by Gasteiger charge is -2.48. The van der Waals surface area contributed by atoms with Crippen molar-refractivity contribution in [3.63, 3.8) is 0 Å². The molecule has 0 fully saturated rings. The Labute approximate surface area is 242 Å². The highest BCUT2D eigenvalue weighted by Crippen LogP contribution is 2.34. The number of hydrazine groups is 1. The smallest absolute Gasteiger partial charge is 0.337 e. The quantitative estimate of drug-likeness (QED) is 0.438. The summed E-state index contributed by atoms with van der Waals surface area (Å²) in [6.45, 7) is 11.8. The van der Waals surface area contributed by atoms with Crippen LogP contribution in [-0.2, 0) is 30.3 Å². The molecule has 0 saturated heterocycles. The third-order valence-corrected chi connectivity index (χ3v) is 6.80. The number of hydrogen-bond donors (Lipinski definition) is 1. The van der Waals surface area contributed by atoms with Crippen LogP contribution in [0.3, 0.4) is 0 Å². The summed E-state index contributed by atoms with van der Waals surface area (Å²) in [5.74, 6) is -2.92. The normalized spacial score (nSPS) is 17.0. The molecule has 3 rings (SSSR count). The molecular weight excluding hydrogens is 522 g/mol. The van der Waals surface area contributed by atoms with Crippen LogP contribution >= 0.6 is 0 Å². The first-order valence-corrected chi connectivity index (χ1v) is 14.0. The standard InChI is InChI=1S/C32H41N3O6/c1-20(2)28-31(39)35(27(25-16-12-9-13-17-25)19-33(28)30(38)21(3)4)34(23(7)36)26(18-24-14-10-8-11-15-24)29(37)32(40)41-22(5)6/h8-17,19-22,26,28-29,37H,18H2,1-7H3/t26-,28?,29?/m0/s1. The predicted octanol–water partition coefficient (Wildman–Crippen LogP) is 4.02. The summed E-state index contributed by atoms with van der Waals surface area (Å²) >= 11 is 0. The Morgan fingerprint density at radius 2 is 1.49 bits per heavy atom. The first-order chi connectivity index (χ1) is 19.3. The number of aliphatic hydroxyl groups excluding tert-OH is 1. The summed E-state index contributed by atoms with van der Waals surface area (Å²) in [5, 5.41) is 13.8. The number of esters is 1. The number of carbonyl (C=O) groups excluding carboxylic acids is 4. The van der Waals surface area contributed by atoms with Crippen molar-refractivity contribution >= 4 is 29.4 Å². The van der Waals surface area contributed by atoms with Gasteiger partial charge in [-0.25, -0.2) is 14.8 Å². The van der Waals surface area contributed by atoms with Gasteiger partial charge in [0.2, 0.25) is 11.8 Å². The van der Waals surface area contributed by atoms with Gasteiger partial charge in [-0.3, -0.25) is 14.4 Å². The van der Waals surface area contributed by atoms with Crippen molar-refractivity contribution in [1.82, 2.24) is 14.9 Å². The average Bonchev–Trinajstić information content (AvgIpc) is 2.92. The molecule has 0 aliphatic carbocycles. The van der Waals surface area contributed by atoms with E-state index < -0.39 is 42.1 Å². The molecule has 0 aromatic heterocycles. The highest BCUT2D eigenvalue weighted by molar-refractivity contribution is 5.99. The number of ether oxygens (including phenoxy) is 1. The second-order valence-electron chi connectivity index (χ2n) is 11.2. The second kappa shape index (κ2) is 13.6. The fourth-order valence-corrected chi connectivity index (χ4v) is 4.93. The first-order valence-electron chi connectivity index (χ1n) is 14.0. The molecule has 1 aliphatic rings. The Kier molecular flexibility index (Phi) is 10.5. The van der Waals surface area contributed by atoms with Crippen molar-refractivity contribution < 1.29 is 29.0 Å².